The molecule has 0 fully saturated rings. The van der Waals surface area contributed by atoms with E-state index in [4.69, 9.17) is 0 Å². The minimum atomic E-state index is -0.427. The van der Waals surface area contributed by atoms with Crippen molar-refractivity contribution < 1.29 is 9.90 Å². The highest BCUT2D eigenvalue weighted by molar-refractivity contribution is 9.12. The Morgan fingerprint density at radius 2 is 2.23 bits per heavy atom. The fourth-order valence-electron chi connectivity index (χ4n) is 1.28. The van der Waals surface area contributed by atoms with Crippen molar-refractivity contribution in [3.63, 3.8) is 0 Å². The first kappa shape index (κ1) is 8.44. The van der Waals surface area contributed by atoms with Crippen molar-refractivity contribution in [1.29, 1.82) is 0 Å². The van der Waals surface area contributed by atoms with E-state index in [1.54, 1.807) is 18.2 Å². The molecule has 4 heteroatoms. The molecule has 0 radical (unpaired) electrons. The number of hydrogen-bond donors (Lipinski definition) is 1. The fourth-order valence-corrected chi connectivity index (χ4v) is 1.62. The van der Waals surface area contributed by atoms with Crippen LogP contribution in [0.15, 0.2) is 39.5 Å². The van der Waals surface area contributed by atoms with E-state index in [1.807, 2.05) is 6.08 Å². The number of nitrogens with zero attached hydrogens (tertiary/aromatic N) is 1. The van der Waals surface area contributed by atoms with Crippen LogP contribution in [0.5, 0.6) is 0 Å². The summed E-state index contributed by atoms with van der Waals surface area (Å²) < 4.78 is 0.154. The van der Waals surface area contributed by atoms with Crippen LogP contribution in [0.1, 0.15) is 0 Å². The van der Waals surface area contributed by atoms with Crippen LogP contribution in [-0.2, 0) is 4.79 Å². The maximum absolute atomic E-state index is 11.1. The number of hydrogen-bond acceptors (Lipinski definition) is 2. The Morgan fingerprint density at radius 3 is 3.00 bits per heavy atom. The molecule has 0 saturated heterocycles. The molecule has 0 bridgehead atoms. The van der Waals surface area contributed by atoms with Gasteiger partial charge in [-0.3, -0.25) is 4.79 Å². The van der Waals surface area contributed by atoms with Gasteiger partial charge in [0.05, 0.1) is 11.6 Å². The van der Waals surface area contributed by atoms with Crippen molar-refractivity contribution >= 4 is 27.5 Å². The Hall–Kier alpha value is -1.16. The molecule has 0 saturated carbocycles. The van der Waals surface area contributed by atoms with Crippen LogP contribution in [0.2, 0.25) is 0 Å². The lowest BCUT2D eigenvalue weighted by atomic mass is 9.94. The second kappa shape index (κ2) is 2.96. The summed E-state index contributed by atoms with van der Waals surface area (Å²) in [6, 6.07) is 0. The third kappa shape index (κ3) is 1.27. The Kier molecular flexibility index (Phi) is 1.92. The molecule has 13 heavy (non-hydrogen) atoms. The summed E-state index contributed by atoms with van der Waals surface area (Å²) in [6.07, 6.45) is 7.12. The molecule has 2 rings (SSSR count). The number of amides is 1. The molecular formula is C9H6BrNO2. The number of aliphatic hydroxyl groups is 1. The normalized spacial score (nSPS) is 26.1. The van der Waals surface area contributed by atoms with Gasteiger partial charge in [0.1, 0.15) is 10.2 Å². The molecule has 0 aromatic rings. The second-order valence-electron chi connectivity index (χ2n) is 2.76. The lowest BCUT2D eigenvalue weighted by Gasteiger charge is -2.19. The third-order valence-electron chi connectivity index (χ3n) is 1.94. The molecule has 0 aromatic carbocycles. The van der Waals surface area contributed by atoms with Crippen LogP contribution in [-0.4, -0.2) is 16.7 Å². The van der Waals surface area contributed by atoms with E-state index in [0.717, 1.165) is 0 Å². The Bertz CT molecular complexity index is 388. The zero-order valence-corrected chi connectivity index (χ0v) is 8.15. The van der Waals surface area contributed by atoms with Gasteiger partial charge >= 0.3 is 0 Å². The summed E-state index contributed by atoms with van der Waals surface area (Å²) >= 11 is 3.00. The average Bonchev–Trinajstić information content (AvgIpc) is 2.15. The van der Waals surface area contributed by atoms with Gasteiger partial charge in [-0.2, -0.15) is 0 Å². The summed E-state index contributed by atoms with van der Waals surface area (Å²) in [4.78, 5) is 15.0. The van der Waals surface area contributed by atoms with Crippen molar-refractivity contribution in [2.24, 2.45) is 10.9 Å². The van der Waals surface area contributed by atoms with Crippen LogP contribution in [0.3, 0.4) is 0 Å². The van der Waals surface area contributed by atoms with Gasteiger partial charge < -0.3 is 5.11 Å². The number of dihydropyridines is 1. The van der Waals surface area contributed by atoms with Gasteiger partial charge in [-0.1, -0.05) is 18.2 Å². The number of aliphatic imine (C=N–C) groups is 1. The molecule has 0 spiro atoms. The van der Waals surface area contributed by atoms with Gasteiger partial charge in [0.15, 0.2) is 0 Å². The van der Waals surface area contributed by atoms with E-state index in [9.17, 15) is 9.90 Å². The van der Waals surface area contributed by atoms with Crippen LogP contribution >= 0.6 is 15.9 Å². The molecule has 1 N–H and O–H groups in total. The molecular weight excluding hydrogens is 234 g/mol. The van der Waals surface area contributed by atoms with E-state index in [0.29, 0.717) is 5.71 Å². The standard InChI is InChI=1S/C9H6BrNO2/c10-7-8(12)5-3-1-2-4-6(5)11-9(7)13/h1-5,12H. The summed E-state index contributed by atoms with van der Waals surface area (Å²) in [5, 5.41) is 9.59. The quantitative estimate of drug-likeness (QED) is 0.702. The molecule has 0 aromatic heterocycles. The maximum atomic E-state index is 11.1. The number of carbonyl (C=O) groups is 1. The molecule has 1 heterocycles. The van der Waals surface area contributed by atoms with E-state index in [2.05, 4.69) is 20.9 Å². The van der Waals surface area contributed by atoms with E-state index >= 15 is 0 Å². The molecule has 66 valence electrons. The predicted octanol–water partition coefficient (Wildman–Crippen LogP) is 1.87. The zero-order valence-electron chi connectivity index (χ0n) is 6.57. The number of rotatable bonds is 0. The summed E-state index contributed by atoms with van der Waals surface area (Å²) in [7, 11) is 0. The summed E-state index contributed by atoms with van der Waals surface area (Å²) in [5.74, 6) is -0.656. The van der Waals surface area contributed by atoms with E-state index in [1.165, 1.54) is 0 Å². The van der Waals surface area contributed by atoms with Crippen molar-refractivity contribution in [3.8, 4) is 0 Å². The highest BCUT2D eigenvalue weighted by atomic mass is 79.9. The molecule has 1 amide bonds. The monoisotopic (exact) mass is 239 g/mol. The van der Waals surface area contributed by atoms with Crippen molar-refractivity contribution in [3.05, 3.63) is 34.5 Å². The van der Waals surface area contributed by atoms with Crippen LogP contribution in [0, 0.1) is 5.92 Å². The maximum Gasteiger partial charge on any atom is 0.287 e. The van der Waals surface area contributed by atoms with Gasteiger partial charge in [0, 0.05) is 0 Å². The Labute approximate surface area is 83.3 Å². The van der Waals surface area contributed by atoms with Gasteiger partial charge in [-0.05, 0) is 22.0 Å². The SMILES string of the molecule is O=C1N=C2C=CC=CC2C(O)=C1Br. The minimum Gasteiger partial charge on any atom is -0.510 e. The molecule has 1 atom stereocenters. The third-order valence-corrected chi connectivity index (χ3v) is 2.68. The fraction of sp³-hybridized carbons (Fsp3) is 0.111. The van der Waals surface area contributed by atoms with E-state index < -0.39 is 5.91 Å². The smallest absolute Gasteiger partial charge is 0.287 e. The topological polar surface area (TPSA) is 49.7 Å². The van der Waals surface area contributed by atoms with Crippen LogP contribution < -0.4 is 0 Å². The van der Waals surface area contributed by atoms with Crippen molar-refractivity contribution in [2.45, 2.75) is 0 Å². The molecule has 3 nitrogen and oxygen atoms in total. The second-order valence-corrected chi connectivity index (χ2v) is 3.56. The van der Waals surface area contributed by atoms with E-state index in [-0.39, 0.29) is 16.2 Å². The highest BCUT2D eigenvalue weighted by Crippen LogP contribution is 2.28. The largest absolute Gasteiger partial charge is 0.510 e. The van der Waals surface area contributed by atoms with Crippen molar-refractivity contribution in [2.75, 3.05) is 0 Å². The summed E-state index contributed by atoms with van der Waals surface area (Å²) in [6.45, 7) is 0. The number of allylic oxidation sites excluding steroid dienone is 4. The minimum absolute atomic E-state index is 0.0376. The molecule has 1 aliphatic heterocycles. The number of fused-ring (bicyclic) bond motifs is 1. The summed E-state index contributed by atoms with van der Waals surface area (Å²) in [5.41, 5.74) is 0.591. The zero-order chi connectivity index (χ0) is 9.42. The Balaban J connectivity index is 2.50. The predicted molar refractivity (Wildman–Crippen MR) is 52.8 cm³/mol. The van der Waals surface area contributed by atoms with Crippen LogP contribution in [0.4, 0.5) is 0 Å². The number of halogens is 1. The Morgan fingerprint density at radius 1 is 1.46 bits per heavy atom. The highest BCUT2D eigenvalue weighted by Gasteiger charge is 2.28. The molecule has 1 unspecified atom stereocenters. The van der Waals surface area contributed by atoms with Crippen LogP contribution in [0.25, 0.3) is 0 Å². The van der Waals surface area contributed by atoms with Crippen molar-refractivity contribution in [1.82, 2.24) is 0 Å². The lowest BCUT2D eigenvalue weighted by Crippen LogP contribution is -2.22. The average molecular weight is 240 g/mol. The molecule has 1 aliphatic carbocycles. The van der Waals surface area contributed by atoms with Gasteiger partial charge in [0.25, 0.3) is 5.91 Å². The number of carbonyl (C=O) groups excluding carboxylic acids is 1. The van der Waals surface area contributed by atoms with Gasteiger partial charge in [-0.25, -0.2) is 4.99 Å². The first-order valence-electron chi connectivity index (χ1n) is 3.76. The first-order chi connectivity index (χ1) is 6.20. The lowest BCUT2D eigenvalue weighted by molar-refractivity contribution is -0.113. The first-order valence-corrected chi connectivity index (χ1v) is 4.56. The number of aliphatic hydroxyl groups excluding tert-OH is 1. The van der Waals surface area contributed by atoms with Gasteiger partial charge in [-0.15, -0.1) is 0 Å². The van der Waals surface area contributed by atoms with Gasteiger partial charge in [0.2, 0.25) is 0 Å². The molecule has 2 aliphatic rings.